The highest BCUT2D eigenvalue weighted by Gasteiger charge is 2.16. The molecule has 5 nitrogen and oxygen atoms in total. The number of benzene rings is 1. The lowest BCUT2D eigenvalue weighted by molar-refractivity contribution is 0.110. The molecule has 1 atom stereocenters. The van der Waals surface area contributed by atoms with E-state index in [1.165, 1.54) is 12.0 Å². The molecule has 0 spiro atoms. The maximum atomic E-state index is 5.69. The molecule has 0 bridgehead atoms. The predicted octanol–water partition coefficient (Wildman–Crippen LogP) is 3.62. The predicted molar refractivity (Wildman–Crippen MR) is 105 cm³/mol. The highest BCUT2D eigenvalue weighted by Crippen LogP contribution is 2.23. The van der Waals surface area contributed by atoms with Gasteiger partial charge in [-0.1, -0.05) is 18.2 Å². The van der Waals surface area contributed by atoms with Gasteiger partial charge in [0.1, 0.15) is 0 Å². The van der Waals surface area contributed by atoms with Gasteiger partial charge in [0.2, 0.25) is 0 Å². The van der Waals surface area contributed by atoms with Crippen LogP contribution in [-0.4, -0.2) is 34.0 Å². The minimum atomic E-state index is 0. The summed E-state index contributed by atoms with van der Waals surface area (Å²) in [6, 6.07) is 14.2. The van der Waals surface area contributed by atoms with Gasteiger partial charge in [0.15, 0.2) is 0 Å². The average molecular weight is 371 g/mol. The average Bonchev–Trinajstić information content (AvgIpc) is 3.33. The van der Waals surface area contributed by atoms with Gasteiger partial charge in [-0.15, -0.1) is 12.4 Å². The van der Waals surface area contributed by atoms with E-state index in [9.17, 15) is 0 Å². The molecule has 0 amide bonds. The minimum Gasteiger partial charge on any atom is -0.377 e. The molecule has 1 fully saturated rings. The summed E-state index contributed by atoms with van der Waals surface area (Å²) in [6.07, 6.45) is 8.37. The molecule has 1 aromatic carbocycles. The molecule has 4 rings (SSSR count). The number of nitrogens with zero attached hydrogens (tertiary/aromatic N) is 3. The molecule has 0 aliphatic carbocycles. The van der Waals surface area contributed by atoms with Gasteiger partial charge >= 0.3 is 0 Å². The first-order chi connectivity index (χ1) is 12.4. The summed E-state index contributed by atoms with van der Waals surface area (Å²) in [4.78, 5) is 4.11. The molecule has 3 heterocycles. The Morgan fingerprint density at radius 1 is 1.12 bits per heavy atom. The Bertz CT molecular complexity index is 801. The van der Waals surface area contributed by atoms with Crippen LogP contribution < -0.4 is 5.32 Å². The first kappa shape index (κ1) is 18.6. The van der Waals surface area contributed by atoms with Crippen LogP contribution in [-0.2, 0) is 11.3 Å². The van der Waals surface area contributed by atoms with Crippen molar-refractivity contribution in [1.29, 1.82) is 0 Å². The molecule has 0 radical (unpaired) electrons. The minimum absolute atomic E-state index is 0. The monoisotopic (exact) mass is 370 g/mol. The van der Waals surface area contributed by atoms with E-state index in [1.54, 1.807) is 12.4 Å². The second-order valence-electron chi connectivity index (χ2n) is 6.28. The topological polar surface area (TPSA) is 52.0 Å². The van der Waals surface area contributed by atoms with Crippen LogP contribution in [0.3, 0.4) is 0 Å². The summed E-state index contributed by atoms with van der Waals surface area (Å²) >= 11 is 0. The molecular formula is C20H23ClN4O. The Balaban J connectivity index is 0.00000196. The number of aromatic nitrogens is 3. The van der Waals surface area contributed by atoms with Crippen molar-refractivity contribution in [3.05, 3.63) is 66.6 Å². The van der Waals surface area contributed by atoms with Gasteiger partial charge in [0.25, 0.3) is 0 Å². The summed E-state index contributed by atoms with van der Waals surface area (Å²) in [7, 11) is 0. The number of rotatable bonds is 6. The van der Waals surface area contributed by atoms with Crippen LogP contribution >= 0.6 is 12.4 Å². The number of hydrogen-bond acceptors (Lipinski definition) is 4. The van der Waals surface area contributed by atoms with E-state index in [4.69, 9.17) is 9.84 Å². The zero-order chi connectivity index (χ0) is 16.9. The van der Waals surface area contributed by atoms with E-state index >= 15 is 0 Å². The van der Waals surface area contributed by atoms with Crippen molar-refractivity contribution in [3.8, 4) is 16.9 Å². The van der Waals surface area contributed by atoms with Crippen molar-refractivity contribution in [2.45, 2.75) is 25.5 Å². The number of hydrogen-bond donors (Lipinski definition) is 1. The zero-order valence-electron chi connectivity index (χ0n) is 14.5. The van der Waals surface area contributed by atoms with Gasteiger partial charge in [-0.2, -0.15) is 5.10 Å². The van der Waals surface area contributed by atoms with Crippen LogP contribution in [0.4, 0.5) is 0 Å². The number of halogens is 1. The van der Waals surface area contributed by atoms with Gasteiger partial charge in [0, 0.05) is 49.4 Å². The lowest BCUT2D eigenvalue weighted by Crippen LogP contribution is -2.25. The number of para-hydroxylation sites is 1. The standard InChI is InChI=1S/C20H22N4O.ClH/c1-2-5-18(6-3-1)24-15-17(13-22-14-19-7-4-12-25-19)20(23-24)16-8-10-21-11-9-16;/h1-3,5-6,8-11,15,19,22H,4,7,12-14H2;1H. The van der Waals surface area contributed by atoms with E-state index in [1.807, 2.05) is 35.0 Å². The normalized spacial score (nSPS) is 16.4. The SMILES string of the molecule is Cl.c1ccc(-n2cc(CNCC3CCCO3)c(-c3ccncc3)n2)cc1. The van der Waals surface area contributed by atoms with Crippen molar-refractivity contribution < 1.29 is 4.74 Å². The smallest absolute Gasteiger partial charge is 0.0973 e. The summed E-state index contributed by atoms with van der Waals surface area (Å²) in [6.45, 7) is 2.54. The summed E-state index contributed by atoms with van der Waals surface area (Å²) < 4.78 is 7.63. The second kappa shape index (κ2) is 8.94. The highest BCUT2D eigenvalue weighted by molar-refractivity contribution is 5.85. The van der Waals surface area contributed by atoms with Gasteiger partial charge in [-0.3, -0.25) is 4.98 Å². The third kappa shape index (κ3) is 4.30. The Labute approximate surface area is 159 Å². The van der Waals surface area contributed by atoms with Gasteiger partial charge < -0.3 is 10.1 Å². The van der Waals surface area contributed by atoms with Crippen molar-refractivity contribution in [1.82, 2.24) is 20.1 Å². The lowest BCUT2D eigenvalue weighted by Gasteiger charge is -2.10. The van der Waals surface area contributed by atoms with Gasteiger partial charge in [-0.25, -0.2) is 4.68 Å². The molecular weight excluding hydrogens is 348 g/mol. The molecule has 1 aliphatic rings. The molecule has 0 saturated carbocycles. The molecule has 1 saturated heterocycles. The fraction of sp³-hybridized carbons (Fsp3) is 0.300. The van der Waals surface area contributed by atoms with Crippen LogP contribution in [0.25, 0.3) is 16.9 Å². The van der Waals surface area contributed by atoms with Crippen LogP contribution in [0.1, 0.15) is 18.4 Å². The maximum Gasteiger partial charge on any atom is 0.0973 e. The molecule has 1 unspecified atom stereocenters. The quantitative estimate of drug-likeness (QED) is 0.720. The first-order valence-corrected chi connectivity index (χ1v) is 8.77. The Kier molecular flexibility index (Phi) is 6.39. The largest absolute Gasteiger partial charge is 0.377 e. The van der Waals surface area contributed by atoms with E-state index < -0.39 is 0 Å². The molecule has 26 heavy (non-hydrogen) atoms. The Morgan fingerprint density at radius 3 is 2.65 bits per heavy atom. The van der Waals surface area contributed by atoms with E-state index in [0.717, 1.165) is 43.1 Å². The van der Waals surface area contributed by atoms with Gasteiger partial charge in [0.05, 0.1) is 17.5 Å². The summed E-state index contributed by atoms with van der Waals surface area (Å²) in [5, 5.41) is 8.34. The molecule has 1 N–H and O–H groups in total. The fourth-order valence-electron chi connectivity index (χ4n) is 3.18. The van der Waals surface area contributed by atoms with Crippen LogP contribution in [0.2, 0.25) is 0 Å². The number of nitrogens with one attached hydrogen (secondary N) is 1. The summed E-state index contributed by atoms with van der Waals surface area (Å²) in [5.41, 5.74) is 4.31. The molecule has 136 valence electrons. The molecule has 1 aliphatic heterocycles. The number of pyridine rings is 1. The third-order valence-electron chi connectivity index (χ3n) is 4.48. The fourth-order valence-corrected chi connectivity index (χ4v) is 3.18. The maximum absolute atomic E-state index is 5.69. The third-order valence-corrected chi connectivity index (χ3v) is 4.48. The molecule has 3 aromatic rings. The zero-order valence-corrected chi connectivity index (χ0v) is 15.4. The van der Waals surface area contributed by atoms with Crippen molar-refractivity contribution in [2.24, 2.45) is 0 Å². The second-order valence-corrected chi connectivity index (χ2v) is 6.28. The number of ether oxygens (including phenoxy) is 1. The highest BCUT2D eigenvalue weighted by atomic mass is 35.5. The van der Waals surface area contributed by atoms with Crippen LogP contribution in [0.5, 0.6) is 0 Å². The van der Waals surface area contributed by atoms with Crippen molar-refractivity contribution >= 4 is 12.4 Å². The first-order valence-electron chi connectivity index (χ1n) is 8.77. The van der Waals surface area contributed by atoms with Crippen molar-refractivity contribution in [3.63, 3.8) is 0 Å². The van der Waals surface area contributed by atoms with E-state index in [0.29, 0.717) is 6.10 Å². The Hall–Kier alpha value is -2.21. The van der Waals surface area contributed by atoms with Gasteiger partial charge in [-0.05, 0) is 37.1 Å². The van der Waals surface area contributed by atoms with Crippen molar-refractivity contribution in [2.75, 3.05) is 13.2 Å². The lowest BCUT2D eigenvalue weighted by atomic mass is 10.1. The van der Waals surface area contributed by atoms with E-state index in [2.05, 4.69) is 28.6 Å². The molecule has 2 aromatic heterocycles. The van der Waals surface area contributed by atoms with E-state index in [-0.39, 0.29) is 12.4 Å². The molecule has 6 heteroatoms. The van der Waals surface area contributed by atoms with Crippen LogP contribution in [0, 0.1) is 0 Å². The van der Waals surface area contributed by atoms with Crippen LogP contribution in [0.15, 0.2) is 61.1 Å². The Morgan fingerprint density at radius 2 is 1.92 bits per heavy atom. The summed E-state index contributed by atoms with van der Waals surface area (Å²) in [5.74, 6) is 0.